The lowest BCUT2D eigenvalue weighted by Crippen LogP contribution is -1.47. The molecule has 0 radical (unpaired) electrons. The zero-order valence-electron chi connectivity index (χ0n) is 8.57. The molecule has 2 atom stereocenters. The molecular weight excluding hydrogens is 96.1 g/mol. The van der Waals surface area contributed by atoms with Crippen molar-refractivity contribution in [3.05, 3.63) is 0 Å². The van der Waals surface area contributed by atoms with Crippen LogP contribution < -0.4 is 0 Å². The first-order valence-corrected chi connectivity index (χ1v) is 3.39. The van der Waals surface area contributed by atoms with Crippen molar-refractivity contribution in [3.8, 4) is 0 Å². The second-order valence-corrected chi connectivity index (χ2v) is 1.63. The van der Waals surface area contributed by atoms with Crippen molar-refractivity contribution < 1.29 is 2.74 Å². The van der Waals surface area contributed by atoms with Gasteiger partial charge < -0.3 is 0 Å². The van der Waals surface area contributed by atoms with E-state index < -0.39 is 0 Å². The van der Waals surface area contributed by atoms with Crippen LogP contribution in [0.4, 0.5) is 0 Å². The standard InChI is InChI=1S/2C4H10/c2*1-3-4-2/h2*3-4H2,1-2H3/i2*3D. The van der Waals surface area contributed by atoms with Gasteiger partial charge in [-0.2, -0.15) is 0 Å². The van der Waals surface area contributed by atoms with Crippen molar-refractivity contribution >= 4 is 0 Å². The summed E-state index contributed by atoms with van der Waals surface area (Å²) >= 11 is 0. The van der Waals surface area contributed by atoms with E-state index in [2.05, 4.69) is 0 Å². The zero-order chi connectivity index (χ0) is 8.57. The van der Waals surface area contributed by atoms with Crippen molar-refractivity contribution in [1.82, 2.24) is 0 Å². The largest absolute Gasteiger partial charge is 0.0654 e. The summed E-state index contributed by atoms with van der Waals surface area (Å²) in [5.74, 6) is 0. The quantitative estimate of drug-likeness (QED) is 0.519. The molecule has 0 aliphatic carbocycles. The molecular formula is C8H20. The lowest BCUT2D eigenvalue weighted by molar-refractivity contribution is 0.886. The van der Waals surface area contributed by atoms with Gasteiger partial charge in [-0.25, -0.2) is 0 Å². The minimum absolute atomic E-state index is 0.134. The molecule has 0 aromatic carbocycles. The Morgan fingerprint density at radius 2 is 1.00 bits per heavy atom. The molecule has 8 heavy (non-hydrogen) atoms. The van der Waals surface area contributed by atoms with Crippen LogP contribution in [0.15, 0.2) is 0 Å². The zero-order valence-corrected chi connectivity index (χ0v) is 6.57. The second-order valence-electron chi connectivity index (χ2n) is 1.63. The summed E-state index contributed by atoms with van der Waals surface area (Å²) < 4.78 is 13.7. The summed E-state index contributed by atoms with van der Waals surface area (Å²) in [7, 11) is 0. The van der Waals surface area contributed by atoms with Crippen LogP contribution in [-0.4, -0.2) is 0 Å². The molecule has 0 aromatic heterocycles. The topological polar surface area (TPSA) is 0 Å². The lowest BCUT2D eigenvalue weighted by atomic mass is 10.4. The molecule has 0 spiro atoms. The monoisotopic (exact) mass is 118 g/mol. The Morgan fingerprint density at radius 3 is 1.00 bits per heavy atom. The molecule has 2 unspecified atom stereocenters. The summed E-state index contributed by atoms with van der Waals surface area (Å²) in [6, 6.07) is 0. The normalized spacial score (nSPS) is 19.0. The van der Waals surface area contributed by atoms with Crippen molar-refractivity contribution in [2.75, 3.05) is 0 Å². The molecule has 0 saturated heterocycles. The molecule has 0 heteroatoms. The van der Waals surface area contributed by atoms with Crippen molar-refractivity contribution in [3.63, 3.8) is 0 Å². The summed E-state index contributed by atoms with van der Waals surface area (Å²) in [6.07, 6.45) is 2.21. The molecule has 0 heterocycles. The average molecular weight is 118 g/mol. The first-order valence-electron chi connectivity index (χ1n) is 4.54. The second kappa shape index (κ2) is 15.8. The molecule has 0 rings (SSSR count). The molecule has 0 aromatic rings. The van der Waals surface area contributed by atoms with E-state index in [4.69, 9.17) is 2.74 Å². The van der Waals surface area contributed by atoms with E-state index in [-0.39, 0.29) is 12.8 Å². The fourth-order valence-corrected chi connectivity index (χ4v) is 0. The Labute approximate surface area is 57.1 Å². The van der Waals surface area contributed by atoms with Crippen LogP contribution in [0, 0.1) is 0 Å². The maximum atomic E-state index is 6.83. The Balaban J connectivity index is 0. The third kappa shape index (κ3) is 37.5. The molecule has 0 amide bonds. The first-order chi connectivity index (χ1) is 4.54. The smallest absolute Gasteiger partial charge is 0.0264 e. The van der Waals surface area contributed by atoms with E-state index in [0.717, 1.165) is 12.8 Å². The SMILES string of the molecule is [2H]C(C)CC.[2H]C(C)CC. The van der Waals surface area contributed by atoms with Crippen LogP contribution in [-0.2, 0) is 0 Å². The summed E-state index contributed by atoms with van der Waals surface area (Å²) in [4.78, 5) is 0. The van der Waals surface area contributed by atoms with Crippen LogP contribution in [0.1, 0.15) is 56.1 Å². The van der Waals surface area contributed by atoms with E-state index in [0.29, 0.717) is 0 Å². The Hall–Kier alpha value is 0. The van der Waals surface area contributed by atoms with Crippen molar-refractivity contribution in [2.45, 2.75) is 53.3 Å². The van der Waals surface area contributed by atoms with Gasteiger partial charge in [0.2, 0.25) is 0 Å². The molecule has 0 saturated carbocycles. The number of rotatable bonds is 2. The van der Waals surface area contributed by atoms with Gasteiger partial charge in [0.05, 0.1) is 0 Å². The first kappa shape index (κ1) is 6.12. The lowest BCUT2D eigenvalue weighted by Gasteiger charge is -1.68. The highest BCUT2D eigenvalue weighted by atomic mass is 13.6. The minimum atomic E-state index is 0.134. The summed E-state index contributed by atoms with van der Waals surface area (Å²) in [5, 5.41) is 0. The van der Waals surface area contributed by atoms with Crippen LogP contribution in [0.25, 0.3) is 0 Å². The fourth-order valence-electron chi connectivity index (χ4n) is 0. The predicted octanol–water partition coefficient (Wildman–Crippen LogP) is 3.61. The highest BCUT2D eigenvalue weighted by Gasteiger charge is 1.56. The van der Waals surface area contributed by atoms with Gasteiger partial charge in [0, 0.05) is 2.74 Å². The van der Waals surface area contributed by atoms with E-state index in [1.54, 1.807) is 0 Å². The van der Waals surface area contributed by atoms with Gasteiger partial charge in [-0.3, -0.25) is 0 Å². The highest BCUT2D eigenvalue weighted by molar-refractivity contribution is 4.13. The van der Waals surface area contributed by atoms with Gasteiger partial charge in [0.25, 0.3) is 0 Å². The number of hydrogen-bond donors (Lipinski definition) is 0. The molecule has 0 aliphatic rings. The van der Waals surface area contributed by atoms with Crippen LogP contribution in [0.5, 0.6) is 0 Å². The molecule has 0 N–H and O–H groups in total. The van der Waals surface area contributed by atoms with Crippen molar-refractivity contribution in [2.24, 2.45) is 0 Å². The van der Waals surface area contributed by atoms with Gasteiger partial charge in [-0.05, 0) is 0 Å². The molecule has 0 nitrogen and oxygen atoms in total. The van der Waals surface area contributed by atoms with E-state index in [1.165, 1.54) is 0 Å². The number of hydrogen-bond acceptors (Lipinski definition) is 0. The predicted molar refractivity (Wildman–Crippen MR) is 41.2 cm³/mol. The van der Waals surface area contributed by atoms with Gasteiger partial charge >= 0.3 is 0 Å². The Kier molecular flexibility index (Phi) is 12.1. The van der Waals surface area contributed by atoms with Gasteiger partial charge in [0.15, 0.2) is 0 Å². The molecule has 52 valence electrons. The maximum Gasteiger partial charge on any atom is 0.0264 e. The van der Waals surface area contributed by atoms with Gasteiger partial charge in [0.1, 0.15) is 0 Å². The van der Waals surface area contributed by atoms with E-state index >= 15 is 0 Å². The van der Waals surface area contributed by atoms with Crippen LogP contribution in [0.2, 0.25) is 0 Å². The van der Waals surface area contributed by atoms with Gasteiger partial charge in [-0.1, -0.05) is 53.3 Å². The summed E-state index contributed by atoms with van der Waals surface area (Å²) in [5.41, 5.74) is 0. The summed E-state index contributed by atoms with van der Waals surface area (Å²) in [6.45, 7) is 7.80. The maximum absolute atomic E-state index is 6.83. The average Bonchev–Trinajstić information content (AvgIpc) is 1.89. The highest BCUT2D eigenvalue weighted by Crippen LogP contribution is 1.77. The van der Waals surface area contributed by atoms with Crippen LogP contribution in [0.3, 0.4) is 0 Å². The Morgan fingerprint density at radius 1 is 0.875 bits per heavy atom. The van der Waals surface area contributed by atoms with E-state index in [1.807, 2.05) is 27.7 Å². The Bertz CT molecular complexity index is 43.2. The van der Waals surface area contributed by atoms with E-state index in [9.17, 15) is 0 Å². The third-order valence-electron chi connectivity index (χ3n) is 0.816. The van der Waals surface area contributed by atoms with Crippen molar-refractivity contribution in [1.29, 1.82) is 0 Å². The molecule has 0 fully saturated rings. The van der Waals surface area contributed by atoms with Crippen LogP contribution >= 0.6 is 0 Å². The minimum Gasteiger partial charge on any atom is -0.0654 e. The van der Waals surface area contributed by atoms with Gasteiger partial charge in [-0.15, -0.1) is 0 Å². The fraction of sp³-hybridized carbons (Fsp3) is 1.00. The molecule has 0 bridgehead atoms. The molecule has 0 aliphatic heterocycles. The third-order valence-corrected chi connectivity index (χ3v) is 0.816.